The number of nitrogens with zero attached hydrogens (tertiary/aromatic N) is 4. The van der Waals surface area contributed by atoms with Gasteiger partial charge in [0.2, 0.25) is 10.7 Å². The normalized spacial score (nSPS) is 18.9. The van der Waals surface area contributed by atoms with Crippen LogP contribution in [0.3, 0.4) is 0 Å². The predicted octanol–water partition coefficient (Wildman–Crippen LogP) is 2.31. The van der Waals surface area contributed by atoms with Crippen molar-refractivity contribution >= 4 is 23.8 Å². The first-order valence-corrected chi connectivity index (χ1v) is 10.7. The molecule has 0 bridgehead atoms. The molecule has 0 spiro atoms. The second kappa shape index (κ2) is 8.89. The monoisotopic (exact) mass is 423 g/mol. The molecule has 30 heavy (non-hydrogen) atoms. The van der Waals surface area contributed by atoms with Crippen molar-refractivity contribution in [2.45, 2.75) is 33.4 Å². The molecule has 1 aliphatic rings. The number of benzene rings is 2. The molecule has 8 heteroatoms. The largest absolute Gasteiger partial charge is 0.326 e. The summed E-state index contributed by atoms with van der Waals surface area (Å²) in [6.07, 6.45) is 1.71. The maximum atomic E-state index is 12.5. The van der Waals surface area contributed by atoms with Crippen LogP contribution < -0.4 is 10.2 Å². The van der Waals surface area contributed by atoms with Crippen molar-refractivity contribution in [3.05, 3.63) is 64.4 Å². The summed E-state index contributed by atoms with van der Waals surface area (Å²) in [6, 6.07) is 15.8. The molecule has 156 valence electrons. The molecule has 1 aliphatic heterocycles. The second-order valence-corrected chi connectivity index (χ2v) is 8.37. The molecular weight excluding hydrogens is 396 g/mol. The first-order valence-electron chi connectivity index (χ1n) is 10.3. The molecule has 0 radical (unpaired) electrons. The maximum Gasteiger partial charge on any atom is 0.227 e. The molecule has 0 unspecified atom stereocenters. The number of hydrogen-bond donors (Lipinski definition) is 2. The molecule has 7 nitrogen and oxygen atoms in total. The fourth-order valence-corrected chi connectivity index (χ4v) is 4.23. The number of para-hydroxylation sites is 1. The molecular formula is C22H27N6OS+. The van der Waals surface area contributed by atoms with E-state index in [-0.39, 0.29) is 11.8 Å². The summed E-state index contributed by atoms with van der Waals surface area (Å²) in [6.45, 7) is 6.60. The van der Waals surface area contributed by atoms with Gasteiger partial charge in [0.25, 0.3) is 0 Å². The summed E-state index contributed by atoms with van der Waals surface area (Å²) in [5, 5.41) is 11.6. The number of nitrogens with one attached hydrogen (secondary N) is 2. The molecule has 3 aromatic rings. The Morgan fingerprint density at radius 2 is 1.87 bits per heavy atom. The number of piperidine rings is 1. The third-order valence-electron chi connectivity index (χ3n) is 5.70. The maximum absolute atomic E-state index is 12.5. The summed E-state index contributed by atoms with van der Waals surface area (Å²) in [4.78, 5) is 13.9. The molecule has 2 N–H and O–H groups in total. The Hall–Kier alpha value is -2.84. The Balaban J connectivity index is 1.36. The van der Waals surface area contributed by atoms with E-state index in [0.717, 1.165) is 42.9 Å². The van der Waals surface area contributed by atoms with Gasteiger partial charge in [0.15, 0.2) is 6.67 Å². The van der Waals surface area contributed by atoms with Crippen molar-refractivity contribution < 1.29 is 9.69 Å². The minimum absolute atomic E-state index is 0.0489. The lowest BCUT2D eigenvalue weighted by Crippen LogP contribution is -3.12. The van der Waals surface area contributed by atoms with E-state index >= 15 is 0 Å². The van der Waals surface area contributed by atoms with Crippen LogP contribution in [0.4, 0.5) is 5.69 Å². The third-order valence-corrected chi connectivity index (χ3v) is 6.08. The lowest BCUT2D eigenvalue weighted by Gasteiger charge is -2.28. The van der Waals surface area contributed by atoms with Crippen molar-refractivity contribution in [1.82, 2.24) is 19.8 Å². The molecule has 1 saturated heterocycles. The van der Waals surface area contributed by atoms with Crippen LogP contribution in [0, 0.1) is 24.5 Å². The summed E-state index contributed by atoms with van der Waals surface area (Å²) in [5.41, 5.74) is 4.14. The minimum Gasteiger partial charge on any atom is -0.326 e. The van der Waals surface area contributed by atoms with Gasteiger partial charge in [-0.15, -0.1) is 0 Å². The van der Waals surface area contributed by atoms with Gasteiger partial charge in [0.1, 0.15) is 0 Å². The zero-order valence-corrected chi connectivity index (χ0v) is 18.2. The van der Waals surface area contributed by atoms with Gasteiger partial charge in [0, 0.05) is 24.4 Å². The first-order chi connectivity index (χ1) is 14.5. The van der Waals surface area contributed by atoms with E-state index in [1.807, 2.05) is 36.4 Å². The molecule has 4 rings (SSSR count). The average Bonchev–Trinajstić information content (AvgIpc) is 3.09. The van der Waals surface area contributed by atoms with E-state index in [9.17, 15) is 4.79 Å². The van der Waals surface area contributed by atoms with Crippen molar-refractivity contribution in [3.63, 3.8) is 0 Å². The van der Waals surface area contributed by atoms with E-state index in [1.165, 1.54) is 10.5 Å². The van der Waals surface area contributed by atoms with E-state index in [4.69, 9.17) is 12.2 Å². The van der Waals surface area contributed by atoms with Gasteiger partial charge in [-0.2, -0.15) is 9.36 Å². The lowest BCUT2D eigenvalue weighted by molar-refractivity contribution is -0.929. The number of likely N-dealkylation sites (tertiary alicyclic amines) is 1. The second-order valence-electron chi connectivity index (χ2n) is 8.00. The minimum atomic E-state index is 0.0489. The Morgan fingerprint density at radius 3 is 2.57 bits per heavy atom. The molecule has 2 aromatic carbocycles. The zero-order valence-electron chi connectivity index (χ0n) is 17.3. The molecule has 0 atom stereocenters. The van der Waals surface area contributed by atoms with Crippen LogP contribution in [0.5, 0.6) is 0 Å². The van der Waals surface area contributed by atoms with Gasteiger partial charge in [-0.1, -0.05) is 35.9 Å². The molecule has 0 saturated carbocycles. The fraction of sp³-hybridized carbons (Fsp3) is 0.364. The van der Waals surface area contributed by atoms with Crippen LogP contribution in [-0.2, 0) is 11.5 Å². The van der Waals surface area contributed by atoms with Gasteiger partial charge in [-0.3, -0.25) is 4.79 Å². The first kappa shape index (κ1) is 20.4. The number of carbonyl (C=O) groups is 1. The van der Waals surface area contributed by atoms with E-state index in [0.29, 0.717) is 11.4 Å². The molecule has 2 heterocycles. The van der Waals surface area contributed by atoms with Gasteiger partial charge in [-0.05, 0) is 60.3 Å². The summed E-state index contributed by atoms with van der Waals surface area (Å²) < 4.78 is 4.11. The number of rotatable bonds is 5. The summed E-state index contributed by atoms with van der Waals surface area (Å²) in [5.74, 6) is 0.158. The lowest BCUT2D eigenvalue weighted by atomic mass is 9.96. The standard InChI is InChI=1S/C22H26N6OS/c1-16-8-9-20(17(2)14-16)28-22(30)27(24-25-28)15-26-12-10-18(11-13-26)21(29)23-19-6-4-3-5-7-19/h3-9,14,18H,10-13,15H2,1-2H3,(H,23,29)/p+1. The van der Waals surface area contributed by atoms with Crippen LogP contribution >= 0.6 is 12.2 Å². The van der Waals surface area contributed by atoms with Crippen LogP contribution in [0.2, 0.25) is 0 Å². The van der Waals surface area contributed by atoms with Gasteiger partial charge >= 0.3 is 0 Å². The SMILES string of the molecule is Cc1ccc(-n2nnn(C[NH+]3CCC(C(=O)Nc4ccccc4)CC3)c2=S)c(C)c1. The van der Waals surface area contributed by atoms with Crippen molar-refractivity contribution in [1.29, 1.82) is 0 Å². The highest BCUT2D eigenvalue weighted by atomic mass is 32.1. The van der Waals surface area contributed by atoms with Crippen molar-refractivity contribution in [2.75, 3.05) is 18.4 Å². The van der Waals surface area contributed by atoms with Gasteiger partial charge < -0.3 is 10.2 Å². The Morgan fingerprint density at radius 1 is 1.13 bits per heavy atom. The average molecular weight is 424 g/mol. The number of carbonyl (C=O) groups excluding carboxylic acids is 1. The number of amides is 1. The highest BCUT2D eigenvalue weighted by Gasteiger charge is 2.28. The van der Waals surface area contributed by atoms with Crippen molar-refractivity contribution in [2.24, 2.45) is 5.92 Å². The van der Waals surface area contributed by atoms with E-state index in [2.05, 4.69) is 41.7 Å². The summed E-state index contributed by atoms with van der Waals surface area (Å²) >= 11 is 5.63. The molecule has 1 fully saturated rings. The predicted molar refractivity (Wildman–Crippen MR) is 118 cm³/mol. The van der Waals surface area contributed by atoms with Gasteiger partial charge in [-0.25, -0.2) is 0 Å². The fourth-order valence-electron chi connectivity index (χ4n) is 3.99. The van der Waals surface area contributed by atoms with Gasteiger partial charge in [0.05, 0.1) is 18.8 Å². The molecule has 1 amide bonds. The van der Waals surface area contributed by atoms with Crippen LogP contribution in [0.15, 0.2) is 48.5 Å². The Kier molecular flexibility index (Phi) is 6.06. The quantitative estimate of drug-likeness (QED) is 0.618. The number of aryl methyl sites for hydroxylation is 2. The van der Waals surface area contributed by atoms with E-state index < -0.39 is 0 Å². The number of quaternary nitrogens is 1. The number of tetrazole rings is 1. The highest BCUT2D eigenvalue weighted by molar-refractivity contribution is 7.71. The number of anilines is 1. The number of hydrogen-bond acceptors (Lipinski definition) is 4. The smallest absolute Gasteiger partial charge is 0.227 e. The van der Waals surface area contributed by atoms with Crippen LogP contribution in [0.25, 0.3) is 5.69 Å². The Labute approximate surface area is 181 Å². The topological polar surface area (TPSA) is 69.2 Å². The third kappa shape index (κ3) is 4.49. The zero-order chi connectivity index (χ0) is 21.1. The van der Waals surface area contributed by atoms with E-state index in [1.54, 1.807) is 9.36 Å². The molecule has 0 aliphatic carbocycles. The van der Waals surface area contributed by atoms with Crippen LogP contribution in [-0.4, -0.2) is 38.8 Å². The highest BCUT2D eigenvalue weighted by Crippen LogP contribution is 2.16. The molecule has 1 aromatic heterocycles. The Bertz CT molecular complexity index is 1080. The number of aromatic nitrogens is 4. The van der Waals surface area contributed by atoms with Crippen LogP contribution in [0.1, 0.15) is 24.0 Å². The van der Waals surface area contributed by atoms with Crippen molar-refractivity contribution in [3.8, 4) is 5.69 Å². The summed E-state index contributed by atoms with van der Waals surface area (Å²) in [7, 11) is 0.